The number of methoxy groups -OCH3 is 1. The number of carbonyl (C=O) groups excluding carboxylic acids is 1. The number of hydrogen-bond acceptors (Lipinski definition) is 6. The lowest BCUT2D eigenvalue weighted by Crippen LogP contribution is -2.39. The lowest BCUT2D eigenvalue weighted by Gasteiger charge is -2.30. The van der Waals surface area contributed by atoms with E-state index in [4.69, 9.17) is 4.74 Å². The zero-order valence-corrected chi connectivity index (χ0v) is 17.5. The molecule has 0 spiro atoms. The van der Waals surface area contributed by atoms with Crippen molar-refractivity contribution in [1.82, 2.24) is 4.31 Å². The van der Waals surface area contributed by atoms with Gasteiger partial charge < -0.3 is 10.1 Å². The second-order valence-corrected chi connectivity index (χ2v) is 9.17. The Bertz CT molecular complexity index is 1070. The fourth-order valence-electron chi connectivity index (χ4n) is 3.41. The van der Waals surface area contributed by atoms with Crippen LogP contribution in [0.1, 0.15) is 30.1 Å². The van der Waals surface area contributed by atoms with Crippen LogP contribution in [0, 0.1) is 16.0 Å². The Kier molecular flexibility index (Phi) is 6.37. The van der Waals surface area contributed by atoms with Crippen LogP contribution >= 0.6 is 0 Å². The summed E-state index contributed by atoms with van der Waals surface area (Å²) in [6.45, 7) is 2.91. The van der Waals surface area contributed by atoms with Gasteiger partial charge in [0, 0.05) is 30.8 Å². The normalized spacial score (nSPS) is 17.3. The molecular weight excluding hydrogens is 410 g/mol. The zero-order valence-electron chi connectivity index (χ0n) is 16.7. The summed E-state index contributed by atoms with van der Waals surface area (Å²) in [5.74, 6) is -0.0702. The topological polar surface area (TPSA) is 119 Å². The van der Waals surface area contributed by atoms with Crippen LogP contribution in [0.15, 0.2) is 47.4 Å². The van der Waals surface area contributed by atoms with Gasteiger partial charge in [-0.1, -0.05) is 13.0 Å². The fraction of sp³-hybridized carbons (Fsp3) is 0.350. The number of rotatable bonds is 6. The van der Waals surface area contributed by atoms with E-state index in [0.717, 1.165) is 12.8 Å². The number of benzene rings is 2. The van der Waals surface area contributed by atoms with Crippen molar-refractivity contribution in [2.75, 3.05) is 25.5 Å². The summed E-state index contributed by atoms with van der Waals surface area (Å²) < 4.78 is 32.6. The number of piperidine rings is 1. The Morgan fingerprint density at radius 3 is 2.70 bits per heavy atom. The molecule has 2 aromatic rings. The number of nitro benzene ring substituents is 1. The van der Waals surface area contributed by atoms with Gasteiger partial charge in [-0.15, -0.1) is 0 Å². The molecule has 1 fully saturated rings. The third-order valence-corrected chi connectivity index (χ3v) is 6.86. The molecule has 0 bridgehead atoms. The zero-order chi connectivity index (χ0) is 21.9. The molecule has 1 aliphatic heterocycles. The minimum absolute atomic E-state index is 0.0373. The minimum Gasteiger partial charge on any atom is -0.495 e. The highest BCUT2D eigenvalue weighted by Crippen LogP contribution is 2.30. The molecule has 0 aromatic heterocycles. The number of ether oxygens (including phenoxy) is 1. The SMILES string of the molecule is COc1ccc([N+](=O)[O-])cc1NC(=O)c1cccc(S(=O)(=O)N2CCCC(C)C2)c1. The number of amides is 1. The van der Waals surface area contributed by atoms with Crippen molar-refractivity contribution in [3.8, 4) is 5.75 Å². The molecule has 2 aromatic carbocycles. The van der Waals surface area contributed by atoms with Gasteiger partial charge in [0.05, 0.1) is 22.6 Å². The van der Waals surface area contributed by atoms with Gasteiger partial charge in [0.2, 0.25) is 10.0 Å². The first-order chi connectivity index (χ1) is 14.2. The van der Waals surface area contributed by atoms with Crippen molar-refractivity contribution >= 4 is 27.3 Å². The Labute approximate surface area is 174 Å². The molecule has 10 heteroatoms. The van der Waals surface area contributed by atoms with Crippen molar-refractivity contribution in [3.63, 3.8) is 0 Å². The molecule has 0 radical (unpaired) electrons. The monoisotopic (exact) mass is 433 g/mol. The maximum absolute atomic E-state index is 13.0. The van der Waals surface area contributed by atoms with Crippen LogP contribution in [0.3, 0.4) is 0 Å². The molecule has 30 heavy (non-hydrogen) atoms. The maximum atomic E-state index is 13.0. The lowest BCUT2D eigenvalue weighted by atomic mass is 10.0. The van der Waals surface area contributed by atoms with Crippen LogP contribution in [0.4, 0.5) is 11.4 Å². The minimum atomic E-state index is -3.72. The first-order valence-corrected chi connectivity index (χ1v) is 10.9. The summed E-state index contributed by atoms with van der Waals surface area (Å²) in [5, 5.41) is 13.6. The Hall–Kier alpha value is -2.98. The molecule has 9 nitrogen and oxygen atoms in total. The van der Waals surface area contributed by atoms with E-state index in [2.05, 4.69) is 5.32 Å². The summed E-state index contributed by atoms with van der Waals surface area (Å²) in [6, 6.07) is 9.59. The van der Waals surface area contributed by atoms with Gasteiger partial charge in [0.25, 0.3) is 11.6 Å². The van der Waals surface area contributed by atoms with Gasteiger partial charge in [0.15, 0.2) is 0 Å². The van der Waals surface area contributed by atoms with E-state index < -0.39 is 20.9 Å². The average molecular weight is 433 g/mol. The maximum Gasteiger partial charge on any atom is 0.271 e. The molecule has 160 valence electrons. The Morgan fingerprint density at radius 2 is 2.03 bits per heavy atom. The van der Waals surface area contributed by atoms with E-state index in [1.54, 1.807) is 0 Å². The number of anilines is 1. The van der Waals surface area contributed by atoms with E-state index in [0.29, 0.717) is 13.1 Å². The first-order valence-electron chi connectivity index (χ1n) is 9.46. The summed E-state index contributed by atoms with van der Waals surface area (Å²) in [7, 11) is -2.34. The standard InChI is InChI=1S/C20H23N3O6S/c1-14-5-4-10-22(13-14)30(27,28)17-7-3-6-15(11-17)20(24)21-18-12-16(23(25)26)8-9-19(18)29-2/h3,6-9,11-12,14H,4-5,10,13H2,1-2H3,(H,21,24). The molecule has 0 saturated carbocycles. The molecule has 0 aliphatic carbocycles. The number of nitrogens with zero attached hydrogens (tertiary/aromatic N) is 2. The van der Waals surface area contributed by atoms with Crippen molar-refractivity contribution in [2.45, 2.75) is 24.7 Å². The molecule has 1 saturated heterocycles. The Balaban J connectivity index is 1.87. The van der Waals surface area contributed by atoms with Crippen molar-refractivity contribution in [3.05, 3.63) is 58.1 Å². The fourth-order valence-corrected chi connectivity index (χ4v) is 5.06. The third-order valence-electron chi connectivity index (χ3n) is 5.00. The van der Waals surface area contributed by atoms with E-state index in [1.165, 1.54) is 53.9 Å². The molecule has 1 unspecified atom stereocenters. The molecule has 1 N–H and O–H groups in total. The van der Waals surface area contributed by atoms with E-state index in [9.17, 15) is 23.3 Å². The molecule has 3 rings (SSSR count). The quantitative estimate of drug-likeness (QED) is 0.552. The molecule has 1 amide bonds. The van der Waals surface area contributed by atoms with Crippen LogP contribution in [0.2, 0.25) is 0 Å². The van der Waals surface area contributed by atoms with Crippen LogP contribution in [0.5, 0.6) is 5.75 Å². The predicted molar refractivity (Wildman–Crippen MR) is 111 cm³/mol. The first kappa shape index (κ1) is 21.7. The van der Waals surface area contributed by atoms with Crippen LogP contribution in [0.25, 0.3) is 0 Å². The number of sulfonamides is 1. The smallest absolute Gasteiger partial charge is 0.271 e. The number of carbonyl (C=O) groups is 1. The summed E-state index contributed by atoms with van der Waals surface area (Å²) >= 11 is 0. The number of non-ortho nitro benzene ring substituents is 1. The van der Waals surface area contributed by atoms with Crippen LogP contribution in [-0.2, 0) is 10.0 Å². The van der Waals surface area contributed by atoms with Gasteiger partial charge in [-0.05, 0) is 43.0 Å². The number of nitrogens with one attached hydrogen (secondary N) is 1. The molecule has 1 heterocycles. The van der Waals surface area contributed by atoms with Gasteiger partial charge in [-0.3, -0.25) is 14.9 Å². The summed E-state index contributed by atoms with van der Waals surface area (Å²) in [5.41, 5.74) is 0.0335. The van der Waals surface area contributed by atoms with Gasteiger partial charge in [-0.2, -0.15) is 4.31 Å². The van der Waals surface area contributed by atoms with Crippen molar-refractivity contribution < 1.29 is 22.9 Å². The second kappa shape index (κ2) is 8.80. The van der Waals surface area contributed by atoms with Gasteiger partial charge in [-0.25, -0.2) is 8.42 Å². The van der Waals surface area contributed by atoms with Gasteiger partial charge in [0.1, 0.15) is 5.75 Å². The Morgan fingerprint density at radius 1 is 1.27 bits per heavy atom. The highest BCUT2D eigenvalue weighted by atomic mass is 32.2. The highest BCUT2D eigenvalue weighted by molar-refractivity contribution is 7.89. The summed E-state index contributed by atoms with van der Waals surface area (Å²) in [6.07, 6.45) is 1.78. The molecule has 1 aliphatic rings. The second-order valence-electron chi connectivity index (χ2n) is 7.23. The average Bonchev–Trinajstić information content (AvgIpc) is 2.73. The third kappa shape index (κ3) is 4.60. The van der Waals surface area contributed by atoms with Crippen LogP contribution < -0.4 is 10.1 Å². The summed E-state index contributed by atoms with van der Waals surface area (Å²) in [4.78, 5) is 23.2. The van der Waals surface area contributed by atoms with Crippen molar-refractivity contribution in [2.24, 2.45) is 5.92 Å². The number of nitro groups is 1. The van der Waals surface area contributed by atoms with Gasteiger partial charge >= 0.3 is 0 Å². The predicted octanol–water partition coefficient (Wildman–Crippen LogP) is 3.28. The van der Waals surface area contributed by atoms with E-state index in [-0.39, 0.29) is 33.5 Å². The molecular formula is C20H23N3O6S. The van der Waals surface area contributed by atoms with E-state index in [1.807, 2.05) is 6.92 Å². The van der Waals surface area contributed by atoms with Crippen LogP contribution in [-0.4, -0.2) is 43.8 Å². The van der Waals surface area contributed by atoms with Crippen molar-refractivity contribution in [1.29, 1.82) is 0 Å². The lowest BCUT2D eigenvalue weighted by molar-refractivity contribution is -0.384. The molecule has 1 atom stereocenters. The number of hydrogen-bond donors (Lipinski definition) is 1. The van der Waals surface area contributed by atoms with E-state index >= 15 is 0 Å². The highest BCUT2D eigenvalue weighted by Gasteiger charge is 2.29. The largest absolute Gasteiger partial charge is 0.495 e.